The molecule has 2 amide bonds. The number of carbonyl (C=O) groups excluding carboxylic acids is 2. The Labute approximate surface area is 146 Å². The van der Waals surface area contributed by atoms with Crippen LogP contribution in [-0.2, 0) is 16.6 Å². The van der Waals surface area contributed by atoms with Gasteiger partial charge in [-0.25, -0.2) is 0 Å². The summed E-state index contributed by atoms with van der Waals surface area (Å²) in [4.78, 5) is 27.2. The smallest absolute Gasteiger partial charge is 0.280 e. The first kappa shape index (κ1) is 17.0. The van der Waals surface area contributed by atoms with E-state index < -0.39 is 17.4 Å². The number of rotatable bonds is 2. The van der Waals surface area contributed by atoms with Crippen LogP contribution in [0.4, 0.5) is 11.4 Å². The van der Waals surface area contributed by atoms with Crippen molar-refractivity contribution in [2.75, 3.05) is 17.3 Å². The number of aryl methyl sites for hydroxylation is 3. The number of anilines is 2. The molecule has 1 atom stereocenters. The average Bonchev–Trinajstić information content (AvgIpc) is 2.80. The zero-order valence-electron chi connectivity index (χ0n) is 15.3. The van der Waals surface area contributed by atoms with Gasteiger partial charge in [-0.15, -0.1) is 0 Å². The van der Waals surface area contributed by atoms with Gasteiger partial charge in [0.05, 0.1) is 22.8 Å². The number of hydrogen-bond donors (Lipinski definition) is 1. The lowest BCUT2D eigenvalue weighted by Gasteiger charge is -2.38. The quantitative estimate of drug-likeness (QED) is 0.848. The van der Waals surface area contributed by atoms with Crippen LogP contribution in [0.15, 0.2) is 18.2 Å². The number of amides is 2. The predicted octanol–water partition coefficient (Wildman–Crippen LogP) is 2.10. The highest BCUT2D eigenvalue weighted by Gasteiger charge is 2.50. The first-order valence-corrected chi connectivity index (χ1v) is 8.04. The van der Waals surface area contributed by atoms with Gasteiger partial charge in [-0.1, -0.05) is 6.07 Å². The van der Waals surface area contributed by atoms with Crippen LogP contribution < -0.4 is 15.0 Å². The van der Waals surface area contributed by atoms with E-state index in [0.29, 0.717) is 22.8 Å². The first-order valence-electron chi connectivity index (χ1n) is 8.04. The topological polar surface area (TPSA) is 76.5 Å². The van der Waals surface area contributed by atoms with Gasteiger partial charge in [-0.3, -0.25) is 14.3 Å². The molecule has 1 aromatic heterocycles. The van der Waals surface area contributed by atoms with Gasteiger partial charge in [-0.05, 0) is 45.4 Å². The molecule has 2 aromatic rings. The number of likely N-dealkylation sites (N-methyl/N-ethyl adjacent to an activating group) is 1. The van der Waals surface area contributed by atoms with Gasteiger partial charge in [-0.2, -0.15) is 5.10 Å². The third-order valence-electron chi connectivity index (χ3n) is 4.68. The maximum atomic E-state index is 12.9. The molecular weight excluding hydrogens is 320 g/mol. The molecule has 0 saturated carbocycles. The number of hydrogen-bond acceptors (Lipinski definition) is 4. The van der Waals surface area contributed by atoms with E-state index >= 15 is 0 Å². The Morgan fingerprint density at radius 1 is 1.24 bits per heavy atom. The van der Waals surface area contributed by atoms with Crippen molar-refractivity contribution in [2.45, 2.75) is 33.3 Å². The highest BCUT2D eigenvalue weighted by molar-refractivity contribution is 6.19. The molecule has 7 heteroatoms. The lowest BCUT2D eigenvalue weighted by atomic mass is 9.99. The first-order chi connectivity index (χ1) is 11.6. The summed E-state index contributed by atoms with van der Waals surface area (Å²) in [5.41, 5.74) is 2.11. The standard InChI is InChI=1S/C18H22N4O3/c1-10-7-8-14-13(9-10)21(5)17(24)18(4,25-14)16(23)19-15-11(2)20-22(6)12(15)3/h7-9H,1-6H3,(H,19,23). The zero-order chi connectivity index (χ0) is 18.5. The molecule has 3 rings (SSSR count). The summed E-state index contributed by atoms with van der Waals surface area (Å²) in [5, 5.41) is 7.08. The molecule has 0 saturated heterocycles. The van der Waals surface area contributed by atoms with E-state index in [9.17, 15) is 9.59 Å². The number of nitrogens with zero attached hydrogens (tertiary/aromatic N) is 3. The van der Waals surface area contributed by atoms with Crippen molar-refractivity contribution >= 4 is 23.2 Å². The molecule has 0 spiro atoms. The minimum Gasteiger partial charge on any atom is -0.465 e. The molecule has 1 aromatic carbocycles. The number of nitrogens with one attached hydrogen (secondary N) is 1. The van der Waals surface area contributed by atoms with Crippen LogP contribution in [-0.4, -0.2) is 34.2 Å². The molecule has 0 bridgehead atoms. The van der Waals surface area contributed by atoms with Crippen molar-refractivity contribution in [3.8, 4) is 5.75 Å². The van der Waals surface area contributed by atoms with E-state index in [-0.39, 0.29) is 0 Å². The molecule has 1 aliphatic heterocycles. The normalized spacial score (nSPS) is 19.4. The monoisotopic (exact) mass is 342 g/mol. The van der Waals surface area contributed by atoms with Gasteiger partial charge in [0.1, 0.15) is 5.75 Å². The van der Waals surface area contributed by atoms with Crippen molar-refractivity contribution in [3.63, 3.8) is 0 Å². The van der Waals surface area contributed by atoms with Crippen molar-refractivity contribution in [1.82, 2.24) is 9.78 Å². The molecule has 1 aliphatic rings. The Hall–Kier alpha value is -2.83. The maximum Gasteiger partial charge on any atom is 0.280 e. The summed E-state index contributed by atoms with van der Waals surface area (Å²) < 4.78 is 7.53. The number of fused-ring (bicyclic) bond motifs is 1. The fourth-order valence-corrected chi connectivity index (χ4v) is 3.00. The molecule has 2 heterocycles. The third kappa shape index (κ3) is 2.56. The van der Waals surface area contributed by atoms with Gasteiger partial charge in [0.2, 0.25) is 0 Å². The van der Waals surface area contributed by atoms with E-state index in [1.54, 1.807) is 31.8 Å². The van der Waals surface area contributed by atoms with Crippen molar-refractivity contribution < 1.29 is 14.3 Å². The zero-order valence-corrected chi connectivity index (χ0v) is 15.3. The van der Waals surface area contributed by atoms with E-state index in [0.717, 1.165) is 11.3 Å². The van der Waals surface area contributed by atoms with Gasteiger partial charge < -0.3 is 15.0 Å². The number of ether oxygens (including phenoxy) is 1. The Kier molecular flexibility index (Phi) is 3.82. The van der Waals surface area contributed by atoms with E-state index in [1.807, 2.05) is 26.0 Å². The largest absolute Gasteiger partial charge is 0.465 e. The number of benzene rings is 1. The van der Waals surface area contributed by atoms with Crippen LogP contribution in [0.3, 0.4) is 0 Å². The van der Waals surface area contributed by atoms with Crippen molar-refractivity contribution in [2.24, 2.45) is 7.05 Å². The van der Waals surface area contributed by atoms with Crippen LogP contribution in [0, 0.1) is 20.8 Å². The van der Waals surface area contributed by atoms with Crippen LogP contribution >= 0.6 is 0 Å². The number of carbonyl (C=O) groups is 2. The van der Waals surface area contributed by atoms with Gasteiger partial charge in [0.25, 0.3) is 17.4 Å². The Morgan fingerprint density at radius 2 is 1.92 bits per heavy atom. The lowest BCUT2D eigenvalue weighted by molar-refractivity contribution is -0.144. The molecule has 0 aliphatic carbocycles. The number of aromatic nitrogens is 2. The van der Waals surface area contributed by atoms with E-state index in [1.165, 1.54) is 11.8 Å². The summed E-state index contributed by atoms with van der Waals surface area (Å²) in [6, 6.07) is 5.52. The van der Waals surface area contributed by atoms with Crippen LogP contribution in [0.25, 0.3) is 0 Å². The molecular formula is C18H22N4O3. The highest BCUT2D eigenvalue weighted by Crippen LogP contribution is 2.38. The molecule has 1 N–H and O–H groups in total. The second-order valence-electron chi connectivity index (χ2n) is 6.59. The summed E-state index contributed by atoms with van der Waals surface area (Å²) in [6.45, 7) is 7.09. The Bertz CT molecular complexity index is 887. The third-order valence-corrected chi connectivity index (χ3v) is 4.68. The molecule has 7 nitrogen and oxygen atoms in total. The Balaban J connectivity index is 1.97. The SMILES string of the molecule is Cc1ccc2c(c1)N(C)C(=O)C(C)(C(=O)Nc1c(C)nn(C)c1C)O2. The van der Waals surface area contributed by atoms with Gasteiger partial charge >= 0.3 is 0 Å². The Morgan fingerprint density at radius 3 is 2.52 bits per heavy atom. The van der Waals surface area contributed by atoms with Crippen molar-refractivity contribution in [1.29, 1.82) is 0 Å². The summed E-state index contributed by atoms with van der Waals surface area (Å²) in [6.07, 6.45) is 0. The summed E-state index contributed by atoms with van der Waals surface area (Å²) in [7, 11) is 3.45. The predicted molar refractivity (Wildman–Crippen MR) is 94.9 cm³/mol. The fourth-order valence-electron chi connectivity index (χ4n) is 3.00. The van der Waals surface area contributed by atoms with Gasteiger partial charge in [0, 0.05) is 14.1 Å². The molecule has 25 heavy (non-hydrogen) atoms. The summed E-state index contributed by atoms with van der Waals surface area (Å²) in [5.74, 6) is -0.429. The van der Waals surface area contributed by atoms with Crippen LogP contribution in [0.1, 0.15) is 23.9 Å². The van der Waals surface area contributed by atoms with E-state index in [2.05, 4.69) is 10.4 Å². The van der Waals surface area contributed by atoms with Crippen LogP contribution in [0.2, 0.25) is 0 Å². The second kappa shape index (κ2) is 5.61. The maximum absolute atomic E-state index is 12.9. The fraction of sp³-hybridized carbons (Fsp3) is 0.389. The second-order valence-corrected chi connectivity index (χ2v) is 6.59. The summed E-state index contributed by atoms with van der Waals surface area (Å²) >= 11 is 0. The highest BCUT2D eigenvalue weighted by atomic mass is 16.5. The lowest BCUT2D eigenvalue weighted by Crippen LogP contribution is -2.59. The molecule has 0 fully saturated rings. The average molecular weight is 342 g/mol. The van der Waals surface area contributed by atoms with Crippen LogP contribution in [0.5, 0.6) is 5.75 Å². The van der Waals surface area contributed by atoms with E-state index in [4.69, 9.17) is 4.74 Å². The molecule has 1 unspecified atom stereocenters. The molecule has 132 valence electrons. The van der Waals surface area contributed by atoms with Gasteiger partial charge in [0.15, 0.2) is 0 Å². The minimum atomic E-state index is -1.65. The van der Waals surface area contributed by atoms with Crippen molar-refractivity contribution in [3.05, 3.63) is 35.2 Å². The molecule has 0 radical (unpaired) electrons. The minimum absolute atomic E-state index is 0.415.